The second-order valence-electron chi connectivity index (χ2n) is 3.86. The van der Waals surface area contributed by atoms with Crippen LogP contribution in [0.15, 0.2) is 16.7 Å². The van der Waals surface area contributed by atoms with Crippen LogP contribution in [0.5, 0.6) is 0 Å². The van der Waals surface area contributed by atoms with E-state index in [0.29, 0.717) is 6.54 Å². The molecule has 1 N–H and O–H groups in total. The van der Waals surface area contributed by atoms with Crippen LogP contribution in [0.3, 0.4) is 0 Å². The van der Waals surface area contributed by atoms with Crippen molar-refractivity contribution in [1.82, 2.24) is 4.98 Å². The number of aromatic nitrogens is 1. The van der Waals surface area contributed by atoms with Crippen LogP contribution >= 0.6 is 15.9 Å². The van der Waals surface area contributed by atoms with Gasteiger partial charge in [0, 0.05) is 23.8 Å². The average Bonchev–Trinajstić information content (AvgIpc) is 2.28. The maximum atomic E-state index is 9.04. The van der Waals surface area contributed by atoms with Crippen molar-refractivity contribution in [3.8, 4) is 0 Å². The lowest BCUT2D eigenvalue weighted by Crippen LogP contribution is -2.28. The Balaban J connectivity index is 2.78. The Morgan fingerprint density at radius 3 is 2.75 bits per heavy atom. The number of aryl methyl sites for hydroxylation is 1. The number of hydrogen-bond donors (Lipinski definition) is 1. The molecule has 0 fully saturated rings. The van der Waals surface area contributed by atoms with Gasteiger partial charge in [0.25, 0.3) is 0 Å². The largest absolute Gasteiger partial charge is 0.395 e. The van der Waals surface area contributed by atoms with Gasteiger partial charge < -0.3 is 10.0 Å². The monoisotopic (exact) mass is 286 g/mol. The van der Waals surface area contributed by atoms with E-state index in [2.05, 4.69) is 38.8 Å². The van der Waals surface area contributed by atoms with Gasteiger partial charge in [0.05, 0.1) is 6.61 Å². The summed E-state index contributed by atoms with van der Waals surface area (Å²) in [6.45, 7) is 5.98. The van der Waals surface area contributed by atoms with Gasteiger partial charge in [-0.15, -0.1) is 0 Å². The van der Waals surface area contributed by atoms with Crippen LogP contribution in [0.2, 0.25) is 0 Å². The predicted octanol–water partition coefficient (Wildman–Crippen LogP) is 2.75. The Labute approximate surface area is 106 Å². The smallest absolute Gasteiger partial charge is 0.128 e. The fourth-order valence-corrected chi connectivity index (χ4v) is 1.72. The normalized spacial score (nSPS) is 10.5. The highest BCUT2D eigenvalue weighted by Gasteiger charge is 2.07. The Morgan fingerprint density at radius 2 is 2.19 bits per heavy atom. The predicted molar refractivity (Wildman–Crippen MR) is 70.9 cm³/mol. The molecule has 0 bridgehead atoms. The number of anilines is 1. The molecule has 0 radical (unpaired) electrons. The first-order chi connectivity index (χ1) is 7.69. The Bertz CT molecular complexity index is 331. The van der Waals surface area contributed by atoms with Gasteiger partial charge in [-0.05, 0) is 40.9 Å². The number of nitrogens with zero attached hydrogens (tertiary/aromatic N) is 2. The number of rotatable bonds is 6. The highest BCUT2D eigenvalue weighted by Crippen LogP contribution is 2.20. The zero-order valence-corrected chi connectivity index (χ0v) is 11.5. The maximum Gasteiger partial charge on any atom is 0.128 e. The minimum absolute atomic E-state index is 0.167. The molecule has 0 spiro atoms. The second kappa shape index (κ2) is 6.86. The van der Waals surface area contributed by atoms with E-state index in [4.69, 9.17) is 5.11 Å². The first kappa shape index (κ1) is 13.5. The third-order valence-corrected chi connectivity index (χ3v) is 3.34. The third kappa shape index (κ3) is 3.76. The van der Waals surface area contributed by atoms with E-state index in [-0.39, 0.29) is 6.61 Å². The molecule has 3 nitrogen and oxygen atoms in total. The fourth-order valence-electron chi connectivity index (χ4n) is 1.51. The summed E-state index contributed by atoms with van der Waals surface area (Å²) in [5.74, 6) is 0.947. The summed E-state index contributed by atoms with van der Waals surface area (Å²) in [6, 6.07) is 2.05. The zero-order valence-electron chi connectivity index (χ0n) is 9.91. The van der Waals surface area contributed by atoms with Crippen LogP contribution in [0.25, 0.3) is 0 Å². The summed E-state index contributed by atoms with van der Waals surface area (Å²) in [7, 11) is 0. The van der Waals surface area contributed by atoms with Crippen LogP contribution in [-0.4, -0.2) is 29.8 Å². The van der Waals surface area contributed by atoms with Crippen molar-refractivity contribution in [2.45, 2.75) is 26.7 Å². The molecule has 1 aromatic heterocycles. The molecule has 4 heteroatoms. The number of halogens is 1. The van der Waals surface area contributed by atoms with Gasteiger partial charge in [0.2, 0.25) is 0 Å². The fraction of sp³-hybridized carbons (Fsp3) is 0.583. The Kier molecular flexibility index (Phi) is 5.77. The van der Waals surface area contributed by atoms with Gasteiger partial charge in [0.1, 0.15) is 5.82 Å². The van der Waals surface area contributed by atoms with Crippen LogP contribution in [0.1, 0.15) is 25.3 Å². The van der Waals surface area contributed by atoms with E-state index in [9.17, 15) is 0 Å². The quantitative estimate of drug-likeness (QED) is 0.874. The Hall–Kier alpha value is -0.610. The van der Waals surface area contributed by atoms with Gasteiger partial charge >= 0.3 is 0 Å². The highest BCUT2D eigenvalue weighted by molar-refractivity contribution is 9.10. The summed E-state index contributed by atoms with van der Waals surface area (Å²) in [5.41, 5.74) is 1.17. The number of pyridine rings is 1. The molecule has 0 unspecified atom stereocenters. The molecular formula is C12H19BrN2O. The van der Waals surface area contributed by atoms with Gasteiger partial charge in [-0.3, -0.25) is 0 Å². The van der Waals surface area contributed by atoms with E-state index in [1.165, 1.54) is 5.56 Å². The first-order valence-corrected chi connectivity index (χ1v) is 6.46. The molecule has 16 heavy (non-hydrogen) atoms. The van der Waals surface area contributed by atoms with Gasteiger partial charge in [0.15, 0.2) is 0 Å². The van der Waals surface area contributed by atoms with Gasteiger partial charge in [-0.1, -0.05) is 13.3 Å². The lowest BCUT2D eigenvalue weighted by Gasteiger charge is -2.23. The van der Waals surface area contributed by atoms with E-state index in [0.717, 1.165) is 29.7 Å². The van der Waals surface area contributed by atoms with Gasteiger partial charge in [-0.25, -0.2) is 4.98 Å². The SMILES string of the molecule is CCCCN(CCO)c1cc(C)c(Br)cn1. The molecular weight excluding hydrogens is 268 g/mol. The summed E-state index contributed by atoms with van der Waals surface area (Å²) in [4.78, 5) is 6.51. The highest BCUT2D eigenvalue weighted by atomic mass is 79.9. The van der Waals surface area contributed by atoms with Crippen molar-refractivity contribution in [3.05, 3.63) is 22.3 Å². The van der Waals surface area contributed by atoms with E-state index in [1.54, 1.807) is 0 Å². The van der Waals surface area contributed by atoms with Crippen molar-refractivity contribution >= 4 is 21.7 Å². The molecule has 0 amide bonds. The molecule has 0 aliphatic rings. The lowest BCUT2D eigenvalue weighted by molar-refractivity contribution is 0.301. The summed E-state index contributed by atoms with van der Waals surface area (Å²) in [5, 5.41) is 9.04. The Morgan fingerprint density at radius 1 is 1.44 bits per heavy atom. The van der Waals surface area contributed by atoms with Crippen molar-refractivity contribution in [1.29, 1.82) is 0 Å². The van der Waals surface area contributed by atoms with E-state index < -0.39 is 0 Å². The maximum absolute atomic E-state index is 9.04. The van der Waals surface area contributed by atoms with Crippen molar-refractivity contribution in [2.24, 2.45) is 0 Å². The first-order valence-electron chi connectivity index (χ1n) is 5.67. The molecule has 0 aliphatic heterocycles. The zero-order chi connectivity index (χ0) is 12.0. The standard InChI is InChI=1S/C12H19BrN2O/c1-3-4-5-15(6-7-16)12-8-10(2)11(13)9-14-12/h8-9,16H,3-7H2,1-2H3. The third-order valence-electron chi connectivity index (χ3n) is 2.51. The van der Waals surface area contributed by atoms with Crippen molar-refractivity contribution in [3.63, 3.8) is 0 Å². The van der Waals surface area contributed by atoms with Gasteiger partial charge in [-0.2, -0.15) is 0 Å². The topological polar surface area (TPSA) is 36.4 Å². The second-order valence-corrected chi connectivity index (χ2v) is 4.71. The van der Waals surface area contributed by atoms with Crippen molar-refractivity contribution < 1.29 is 5.11 Å². The molecule has 0 saturated carbocycles. The number of aliphatic hydroxyl groups is 1. The number of aliphatic hydroxyl groups excluding tert-OH is 1. The van der Waals surface area contributed by atoms with Crippen LogP contribution in [0.4, 0.5) is 5.82 Å². The van der Waals surface area contributed by atoms with Crippen LogP contribution in [0, 0.1) is 6.92 Å². The molecule has 0 saturated heterocycles. The summed E-state index contributed by atoms with van der Waals surface area (Å²) < 4.78 is 1.02. The molecule has 1 heterocycles. The van der Waals surface area contributed by atoms with Crippen LogP contribution < -0.4 is 4.90 Å². The lowest BCUT2D eigenvalue weighted by atomic mass is 10.2. The number of unbranched alkanes of at least 4 members (excludes halogenated alkanes) is 1. The van der Waals surface area contributed by atoms with E-state index in [1.807, 2.05) is 13.1 Å². The minimum atomic E-state index is 0.167. The number of hydrogen-bond acceptors (Lipinski definition) is 3. The summed E-state index contributed by atoms with van der Waals surface area (Å²) >= 11 is 3.44. The van der Waals surface area contributed by atoms with E-state index >= 15 is 0 Å². The molecule has 90 valence electrons. The summed E-state index contributed by atoms with van der Waals surface area (Å²) in [6.07, 6.45) is 4.09. The van der Waals surface area contributed by atoms with Crippen LogP contribution in [-0.2, 0) is 0 Å². The minimum Gasteiger partial charge on any atom is -0.395 e. The van der Waals surface area contributed by atoms with Crippen molar-refractivity contribution in [2.75, 3.05) is 24.6 Å². The molecule has 0 aromatic carbocycles. The molecule has 1 rings (SSSR count). The molecule has 0 aliphatic carbocycles. The molecule has 0 atom stereocenters. The molecule has 1 aromatic rings. The average molecular weight is 287 g/mol.